The first-order valence-electron chi connectivity index (χ1n) is 7.17. The minimum absolute atomic E-state index is 0.0983. The largest absolute Gasteiger partial charge is 0.242 e. The van der Waals surface area contributed by atoms with E-state index in [1.54, 1.807) is 0 Å². The molecular weight excluding hydrogens is 264 g/mol. The van der Waals surface area contributed by atoms with Gasteiger partial charge in [-0.1, -0.05) is 60.1 Å². The Kier molecular flexibility index (Phi) is 4.47. The smallest absolute Gasteiger partial charge is 0.126 e. The first kappa shape index (κ1) is 16.6. The minimum atomic E-state index is -1.31. The van der Waals surface area contributed by atoms with E-state index in [0.29, 0.717) is 5.16 Å². The summed E-state index contributed by atoms with van der Waals surface area (Å²) < 4.78 is 0. The van der Waals surface area contributed by atoms with Gasteiger partial charge in [-0.2, -0.15) is 0 Å². The van der Waals surface area contributed by atoms with Crippen molar-refractivity contribution in [2.24, 2.45) is 0 Å². The summed E-state index contributed by atoms with van der Waals surface area (Å²) in [6.45, 7) is 21.3. The van der Waals surface area contributed by atoms with Gasteiger partial charge in [0.15, 0.2) is 0 Å². The fourth-order valence-corrected chi connectivity index (χ4v) is 15.2. The van der Waals surface area contributed by atoms with E-state index in [4.69, 9.17) is 4.98 Å². The molecule has 1 aromatic heterocycles. The number of hydrogen-bond donors (Lipinski definition) is 0. The van der Waals surface area contributed by atoms with Gasteiger partial charge in [-0.3, -0.25) is 0 Å². The summed E-state index contributed by atoms with van der Waals surface area (Å²) in [5.74, 6) is 1.10. The van der Waals surface area contributed by atoms with Gasteiger partial charge in [0.25, 0.3) is 0 Å². The molecule has 0 aliphatic rings. The van der Waals surface area contributed by atoms with Crippen LogP contribution in [0, 0.1) is 0 Å². The van der Waals surface area contributed by atoms with Gasteiger partial charge < -0.3 is 0 Å². The molecule has 0 N–H and O–H groups in total. The summed E-state index contributed by atoms with van der Waals surface area (Å²) in [5, 5.41) is 0.613. The van der Waals surface area contributed by atoms with Crippen LogP contribution in [-0.2, 0) is 5.41 Å². The Hall–Kier alpha value is -0.486. The summed E-state index contributed by atoms with van der Waals surface area (Å²) in [5.41, 5.74) is 1.26. The van der Waals surface area contributed by atoms with Crippen LogP contribution in [0.1, 0.15) is 37.5 Å². The fourth-order valence-electron chi connectivity index (χ4n) is 3.00. The third-order valence-corrected chi connectivity index (χ3v) is 12.6. The molecule has 0 atom stereocenters. The van der Waals surface area contributed by atoms with Crippen LogP contribution in [-0.4, -0.2) is 26.1 Å². The molecule has 0 aromatic carbocycles. The second-order valence-electron chi connectivity index (χ2n) is 8.72. The van der Waals surface area contributed by atoms with Crippen LogP contribution in [0.4, 0.5) is 0 Å². The maximum absolute atomic E-state index is 4.94. The molecule has 0 aliphatic carbocycles. The first-order valence-corrected chi connectivity index (χ1v) is 14.3. The number of nitrogens with zero attached hydrogens (tertiary/aromatic N) is 2. The van der Waals surface area contributed by atoms with E-state index in [-0.39, 0.29) is 5.41 Å². The van der Waals surface area contributed by atoms with Crippen LogP contribution in [0.25, 0.3) is 0 Å². The van der Waals surface area contributed by atoms with Crippen molar-refractivity contribution in [3.63, 3.8) is 0 Å². The van der Waals surface area contributed by atoms with E-state index in [1.165, 1.54) is 5.69 Å². The molecule has 108 valence electrons. The maximum Gasteiger partial charge on any atom is 0.126 e. The van der Waals surface area contributed by atoms with Crippen molar-refractivity contribution in [2.45, 2.75) is 70.6 Å². The Morgan fingerprint density at radius 1 is 0.947 bits per heavy atom. The van der Waals surface area contributed by atoms with E-state index in [9.17, 15) is 0 Å². The summed E-state index contributed by atoms with van der Waals surface area (Å²) in [6.07, 6.45) is 1.95. The quantitative estimate of drug-likeness (QED) is 0.761. The number of rotatable bonds is 3. The Balaban J connectivity index is 3.34. The second-order valence-corrected chi connectivity index (χ2v) is 19.9. The highest BCUT2D eigenvalue weighted by molar-refractivity contribution is 6.96. The van der Waals surface area contributed by atoms with Gasteiger partial charge in [-0.25, -0.2) is 9.97 Å². The standard InChI is InChI=1S/C15H30N2Si2/c1-15(2,3)12-10-11-16-13(17-12)14(18(4,5)6)19(7,8)9/h10-11,14H,1-9H3. The van der Waals surface area contributed by atoms with Crippen LogP contribution in [0.15, 0.2) is 12.3 Å². The third-order valence-electron chi connectivity index (χ3n) is 3.43. The van der Waals surface area contributed by atoms with Crippen LogP contribution >= 0.6 is 0 Å². The zero-order chi connectivity index (χ0) is 15.1. The van der Waals surface area contributed by atoms with Crippen molar-refractivity contribution in [2.75, 3.05) is 0 Å². The summed E-state index contributed by atoms with van der Waals surface area (Å²) in [6, 6.07) is 2.06. The van der Waals surface area contributed by atoms with Gasteiger partial charge in [-0.05, 0) is 6.07 Å². The Morgan fingerprint density at radius 2 is 1.42 bits per heavy atom. The van der Waals surface area contributed by atoms with Gasteiger partial charge in [0, 0.05) is 22.5 Å². The Labute approximate surface area is 121 Å². The van der Waals surface area contributed by atoms with Crippen molar-refractivity contribution in [3.8, 4) is 0 Å². The first-order chi connectivity index (χ1) is 8.33. The number of hydrogen-bond acceptors (Lipinski definition) is 2. The molecule has 19 heavy (non-hydrogen) atoms. The molecular formula is C15H30N2Si2. The lowest BCUT2D eigenvalue weighted by Gasteiger charge is -2.37. The molecule has 0 unspecified atom stereocenters. The normalized spacial score (nSPS) is 14.0. The molecule has 0 amide bonds. The average molecular weight is 295 g/mol. The van der Waals surface area contributed by atoms with Gasteiger partial charge in [0.2, 0.25) is 0 Å². The second kappa shape index (κ2) is 5.13. The molecule has 0 radical (unpaired) electrons. The molecule has 0 fully saturated rings. The van der Waals surface area contributed by atoms with Crippen LogP contribution in [0.5, 0.6) is 0 Å². The SMILES string of the molecule is CC(C)(C)c1ccnc(C([Si](C)(C)C)[Si](C)(C)C)n1. The van der Waals surface area contributed by atoms with Crippen LogP contribution in [0.2, 0.25) is 39.3 Å². The molecule has 0 saturated heterocycles. The lowest BCUT2D eigenvalue weighted by Crippen LogP contribution is -2.47. The van der Waals surface area contributed by atoms with Gasteiger partial charge in [0.1, 0.15) is 5.82 Å². The zero-order valence-corrected chi connectivity index (χ0v) is 16.1. The van der Waals surface area contributed by atoms with Crippen molar-refractivity contribution >= 4 is 16.1 Å². The molecule has 2 nitrogen and oxygen atoms in total. The lowest BCUT2D eigenvalue weighted by molar-refractivity contribution is 0.563. The topological polar surface area (TPSA) is 25.8 Å². The monoisotopic (exact) mass is 294 g/mol. The molecule has 0 bridgehead atoms. The van der Waals surface area contributed by atoms with Gasteiger partial charge in [-0.15, -0.1) is 0 Å². The zero-order valence-electron chi connectivity index (χ0n) is 14.1. The van der Waals surface area contributed by atoms with Gasteiger partial charge >= 0.3 is 0 Å². The number of aromatic nitrogens is 2. The molecule has 4 heteroatoms. The molecule has 1 rings (SSSR count). The summed E-state index contributed by atoms with van der Waals surface area (Å²) in [4.78, 5) is 9.58. The molecule has 0 aliphatic heterocycles. The van der Waals surface area contributed by atoms with Crippen molar-refractivity contribution in [1.29, 1.82) is 0 Å². The van der Waals surface area contributed by atoms with Crippen molar-refractivity contribution in [1.82, 2.24) is 9.97 Å². The molecule has 0 saturated carbocycles. The van der Waals surface area contributed by atoms with Crippen molar-refractivity contribution < 1.29 is 0 Å². The Bertz CT molecular complexity index is 423. The van der Waals surface area contributed by atoms with Crippen molar-refractivity contribution in [3.05, 3.63) is 23.8 Å². The van der Waals surface area contributed by atoms with Gasteiger partial charge in [0.05, 0.1) is 16.1 Å². The summed E-state index contributed by atoms with van der Waals surface area (Å²) >= 11 is 0. The minimum Gasteiger partial charge on any atom is -0.242 e. The van der Waals surface area contributed by atoms with E-state index >= 15 is 0 Å². The highest BCUT2D eigenvalue weighted by Gasteiger charge is 2.40. The van der Waals surface area contributed by atoms with E-state index in [2.05, 4.69) is 71.1 Å². The van der Waals surface area contributed by atoms with Crippen LogP contribution in [0.3, 0.4) is 0 Å². The molecule has 1 heterocycles. The molecule has 0 spiro atoms. The van der Waals surface area contributed by atoms with Crippen LogP contribution < -0.4 is 0 Å². The average Bonchev–Trinajstić information content (AvgIpc) is 2.11. The Morgan fingerprint density at radius 3 is 1.79 bits per heavy atom. The molecule has 1 aromatic rings. The highest BCUT2D eigenvalue weighted by atomic mass is 28.4. The predicted molar refractivity (Wildman–Crippen MR) is 90.2 cm³/mol. The van der Waals surface area contributed by atoms with E-state index in [0.717, 1.165) is 5.82 Å². The highest BCUT2D eigenvalue weighted by Crippen LogP contribution is 2.34. The maximum atomic E-state index is 4.94. The van der Waals surface area contributed by atoms with E-state index < -0.39 is 16.1 Å². The third kappa shape index (κ3) is 4.24. The fraction of sp³-hybridized carbons (Fsp3) is 0.733. The predicted octanol–water partition coefficient (Wildman–Crippen LogP) is 4.61. The van der Waals surface area contributed by atoms with E-state index in [1.807, 2.05) is 6.20 Å². The lowest BCUT2D eigenvalue weighted by atomic mass is 9.92. The summed E-state index contributed by atoms with van der Waals surface area (Å²) in [7, 11) is -2.62.